The van der Waals surface area contributed by atoms with E-state index >= 15 is 0 Å². The molecular weight excluding hydrogens is 438 g/mol. The summed E-state index contributed by atoms with van der Waals surface area (Å²) in [6.07, 6.45) is 7.61. The Morgan fingerprint density at radius 2 is 1.83 bits per heavy atom. The molecule has 0 saturated heterocycles. The fourth-order valence-corrected chi connectivity index (χ4v) is 3.92. The first-order valence-corrected chi connectivity index (χ1v) is 12.9. The van der Waals surface area contributed by atoms with Crippen LogP contribution in [0.4, 0.5) is 11.4 Å². The first-order chi connectivity index (χ1) is 17.0. The lowest BCUT2D eigenvalue weighted by Gasteiger charge is -2.27. The van der Waals surface area contributed by atoms with Gasteiger partial charge in [0, 0.05) is 44.0 Å². The number of allylic oxidation sites excluding steroid dienone is 1. The van der Waals surface area contributed by atoms with Crippen LogP contribution >= 0.6 is 0 Å². The van der Waals surface area contributed by atoms with Crippen LogP contribution in [0.2, 0.25) is 0 Å². The molecule has 0 bridgehead atoms. The van der Waals surface area contributed by atoms with E-state index in [2.05, 4.69) is 28.6 Å². The predicted molar refractivity (Wildman–Crippen MR) is 147 cm³/mol. The molecule has 192 valence electrons. The highest BCUT2D eigenvalue weighted by molar-refractivity contribution is 5.94. The zero-order valence-electron chi connectivity index (χ0n) is 22.3. The molecule has 0 unspecified atom stereocenters. The van der Waals surface area contributed by atoms with Gasteiger partial charge >= 0.3 is 0 Å². The van der Waals surface area contributed by atoms with Crippen molar-refractivity contribution in [3.05, 3.63) is 60.3 Å². The number of nitrogens with one attached hydrogen (secondary N) is 1. The van der Waals surface area contributed by atoms with Crippen molar-refractivity contribution in [2.24, 2.45) is 0 Å². The Bertz CT molecular complexity index is 925. The van der Waals surface area contributed by atoms with E-state index in [-0.39, 0.29) is 12.0 Å². The number of anilines is 2. The molecule has 1 aliphatic rings. The molecule has 0 radical (unpaired) electrons. The first kappa shape index (κ1) is 28.1. The molecule has 0 aliphatic carbocycles. The lowest BCUT2D eigenvalue weighted by Crippen LogP contribution is -2.32. The van der Waals surface area contributed by atoms with Gasteiger partial charge in [0.1, 0.15) is 11.5 Å². The normalized spacial score (nSPS) is 12.6. The van der Waals surface area contributed by atoms with Gasteiger partial charge in [0.25, 0.3) is 5.91 Å². The third-order valence-electron chi connectivity index (χ3n) is 5.63. The maximum absolute atomic E-state index is 13.0. The lowest BCUT2D eigenvalue weighted by atomic mass is 10.1. The van der Waals surface area contributed by atoms with E-state index in [4.69, 9.17) is 9.47 Å². The van der Waals surface area contributed by atoms with E-state index in [1.807, 2.05) is 75.9 Å². The third kappa shape index (κ3) is 8.53. The van der Waals surface area contributed by atoms with Crippen LogP contribution in [0.15, 0.2) is 54.7 Å². The first-order valence-electron chi connectivity index (χ1n) is 12.9. The molecule has 1 amide bonds. The zero-order chi connectivity index (χ0) is 25.6. The molecule has 6 heteroatoms. The minimum Gasteiger partial charge on any atom is -0.497 e. The van der Waals surface area contributed by atoms with Gasteiger partial charge < -0.3 is 24.6 Å². The minimum atomic E-state index is 0.0501. The summed E-state index contributed by atoms with van der Waals surface area (Å²) in [4.78, 5) is 17.1. The van der Waals surface area contributed by atoms with Crippen LogP contribution in [0.5, 0.6) is 11.5 Å². The number of benzene rings is 2. The molecule has 0 atom stereocenters. The number of ether oxygens (including phenoxy) is 2. The smallest absolute Gasteiger partial charge is 0.253 e. The van der Waals surface area contributed by atoms with Crippen molar-refractivity contribution in [1.82, 2.24) is 4.90 Å². The third-order valence-corrected chi connectivity index (χ3v) is 5.63. The number of carbonyl (C=O) groups excluding carboxylic acids is 1. The van der Waals surface area contributed by atoms with Crippen molar-refractivity contribution in [2.75, 3.05) is 43.5 Å². The van der Waals surface area contributed by atoms with E-state index in [0.29, 0.717) is 18.7 Å². The fourth-order valence-electron chi connectivity index (χ4n) is 3.92. The highest BCUT2D eigenvalue weighted by Gasteiger charge is 2.15. The minimum absolute atomic E-state index is 0.0501. The maximum atomic E-state index is 13.0. The average Bonchev–Trinajstić information content (AvgIpc) is 2.90. The highest BCUT2D eigenvalue weighted by Crippen LogP contribution is 2.32. The number of methoxy groups -OCH3 is 1. The van der Waals surface area contributed by atoms with Gasteiger partial charge in [-0.2, -0.15) is 0 Å². The second-order valence-electron chi connectivity index (χ2n) is 8.46. The molecular formula is C29H43N3O3. The van der Waals surface area contributed by atoms with Gasteiger partial charge in [-0.3, -0.25) is 4.79 Å². The standard InChI is InChI=1S/C27H37N3O3.C2H6/c1-5-29(27(31)22-10-12-23(13-11-22)33-21(2)3)19-9-16-28-25-20-24(32-4)14-15-26(25)30-17-7-6-8-18-30;1-2/h7,10-15,17,20-21,28H,5-6,8-9,16,18-19H2,1-4H3;1-2H3. The molecule has 1 aliphatic heterocycles. The van der Waals surface area contributed by atoms with Gasteiger partial charge in [0.2, 0.25) is 0 Å². The van der Waals surface area contributed by atoms with E-state index in [9.17, 15) is 4.79 Å². The fraction of sp³-hybridized carbons (Fsp3) is 0.483. The number of hydrogen-bond donors (Lipinski definition) is 1. The molecule has 2 aromatic carbocycles. The molecule has 1 N–H and O–H groups in total. The quantitative estimate of drug-likeness (QED) is 0.367. The highest BCUT2D eigenvalue weighted by atomic mass is 16.5. The second-order valence-corrected chi connectivity index (χ2v) is 8.46. The summed E-state index contributed by atoms with van der Waals surface area (Å²) in [7, 11) is 1.69. The van der Waals surface area contributed by atoms with E-state index in [1.165, 1.54) is 0 Å². The van der Waals surface area contributed by atoms with Gasteiger partial charge in [0.15, 0.2) is 0 Å². The van der Waals surface area contributed by atoms with E-state index < -0.39 is 0 Å². The zero-order valence-corrected chi connectivity index (χ0v) is 22.3. The molecule has 3 rings (SSSR count). The Hall–Kier alpha value is -3.15. The molecule has 1 heterocycles. The topological polar surface area (TPSA) is 54.0 Å². The van der Waals surface area contributed by atoms with Crippen LogP contribution in [-0.2, 0) is 0 Å². The van der Waals surface area contributed by atoms with Gasteiger partial charge in [-0.15, -0.1) is 0 Å². The summed E-state index contributed by atoms with van der Waals surface area (Å²) < 4.78 is 11.1. The van der Waals surface area contributed by atoms with Crippen LogP contribution in [0, 0.1) is 0 Å². The summed E-state index contributed by atoms with van der Waals surface area (Å²) in [6.45, 7) is 13.1. The summed E-state index contributed by atoms with van der Waals surface area (Å²) >= 11 is 0. The Balaban J connectivity index is 0.00000210. The monoisotopic (exact) mass is 481 g/mol. The van der Waals surface area contributed by atoms with Crippen LogP contribution in [-0.4, -0.2) is 50.2 Å². The molecule has 0 aromatic heterocycles. The lowest BCUT2D eigenvalue weighted by molar-refractivity contribution is 0.0764. The maximum Gasteiger partial charge on any atom is 0.253 e. The molecule has 0 spiro atoms. The number of carbonyl (C=O) groups is 1. The number of hydrogen-bond acceptors (Lipinski definition) is 5. The Morgan fingerprint density at radius 3 is 2.43 bits per heavy atom. The van der Waals surface area contributed by atoms with Crippen molar-refractivity contribution in [3.8, 4) is 11.5 Å². The van der Waals surface area contributed by atoms with Gasteiger partial charge in [-0.25, -0.2) is 0 Å². The molecule has 6 nitrogen and oxygen atoms in total. The van der Waals surface area contributed by atoms with Crippen LogP contribution in [0.3, 0.4) is 0 Å². The molecule has 2 aromatic rings. The number of rotatable bonds is 11. The van der Waals surface area contributed by atoms with Crippen molar-refractivity contribution >= 4 is 17.3 Å². The van der Waals surface area contributed by atoms with Crippen molar-refractivity contribution < 1.29 is 14.3 Å². The van der Waals surface area contributed by atoms with Gasteiger partial charge in [-0.1, -0.05) is 19.9 Å². The summed E-state index contributed by atoms with van der Waals surface area (Å²) in [5, 5.41) is 3.56. The van der Waals surface area contributed by atoms with Crippen molar-refractivity contribution in [2.45, 2.75) is 60.0 Å². The Labute approximate surface area is 211 Å². The Kier molecular flexibility index (Phi) is 12.0. The Morgan fingerprint density at radius 1 is 1.11 bits per heavy atom. The van der Waals surface area contributed by atoms with Crippen molar-refractivity contribution in [1.29, 1.82) is 0 Å². The van der Waals surface area contributed by atoms with E-state index in [0.717, 1.165) is 55.2 Å². The summed E-state index contributed by atoms with van der Waals surface area (Å²) in [5.41, 5.74) is 2.89. The van der Waals surface area contributed by atoms with Crippen LogP contribution < -0.4 is 19.7 Å². The molecule has 35 heavy (non-hydrogen) atoms. The van der Waals surface area contributed by atoms with Crippen LogP contribution in [0.1, 0.15) is 64.2 Å². The predicted octanol–water partition coefficient (Wildman–Crippen LogP) is 6.59. The second kappa shape index (κ2) is 15.0. The number of amides is 1. The number of nitrogens with zero attached hydrogens (tertiary/aromatic N) is 2. The van der Waals surface area contributed by atoms with Gasteiger partial charge in [0.05, 0.1) is 24.6 Å². The SMILES string of the molecule is CC.CCN(CCCNc1cc(OC)ccc1N1C=CCCC1)C(=O)c1ccc(OC(C)C)cc1. The molecule has 0 fully saturated rings. The summed E-state index contributed by atoms with van der Waals surface area (Å²) in [6, 6.07) is 13.6. The van der Waals surface area contributed by atoms with Crippen LogP contribution in [0.25, 0.3) is 0 Å². The largest absolute Gasteiger partial charge is 0.497 e. The average molecular weight is 482 g/mol. The van der Waals surface area contributed by atoms with E-state index in [1.54, 1.807) is 7.11 Å². The van der Waals surface area contributed by atoms with Crippen molar-refractivity contribution in [3.63, 3.8) is 0 Å². The molecule has 0 saturated carbocycles. The summed E-state index contributed by atoms with van der Waals surface area (Å²) in [5.74, 6) is 1.66. The van der Waals surface area contributed by atoms with Gasteiger partial charge in [-0.05, 0) is 76.4 Å².